The van der Waals surface area contributed by atoms with E-state index in [1.807, 2.05) is 0 Å². The number of aliphatic hydroxyl groups excluding tert-OH is 1. The second-order valence-corrected chi connectivity index (χ2v) is 6.08. The van der Waals surface area contributed by atoms with E-state index in [1.165, 1.54) is 0 Å². The predicted molar refractivity (Wildman–Crippen MR) is 79.8 cm³/mol. The number of carbonyl (C=O) groups is 4. The lowest BCUT2D eigenvalue weighted by molar-refractivity contribution is -0.138. The van der Waals surface area contributed by atoms with E-state index in [-0.39, 0.29) is 43.7 Å². The average molecular weight is 328 g/mol. The maximum absolute atomic E-state index is 12.2. The van der Waals surface area contributed by atoms with E-state index >= 15 is 0 Å². The smallest absolute Gasteiger partial charge is 0.303 e. The fourth-order valence-corrected chi connectivity index (χ4v) is 3.11. The van der Waals surface area contributed by atoms with Gasteiger partial charge in [-0.2, -0.15) is 0 Å². The SMILES string of the molecule is O=C(O)CCCCCCC(=O)[C@H]1[C@H](O)CC(=O)[C@@H]1CCC(=O)O. The van der Waals surface area contributed by atoms with Crippen LogP contribution >= 0.6 is 0 Å². The molecule has 0 unspecified atom stereocenters. The third kappa shape index (κ3) is 6.48. The minimum atomic E-state index is -1.02. The molecule has 0 aromatic rings. The quantitative estimate of drug-likeness (QED) is 0.489. The van der Waals surface area contributed by atoms with Gasteiger partial charge in [-0.1, -0.05) is 12.8 Å². The average Bonchev–Trinajstić information content (AvgIpc) is 2.73. The van der Waals surface area contributed by atoms with Crippen LogP contribution in [0.1, 0.15) is 57.8 Å². The van der Waals surface area contributed by atoms with Crippen molar-refractivity contribution in [2.45, 2.75) is 63.9 Å². The molecule has 3 atom stereocenters. The highest BCUT2D eigenvalue weighted by Crippen LogP contribution is 2.34. The van der Waals surface area contributed by atoms with Gasteiger partial charge in [-0.05, 0) is 19.3 Å². The third-order valence-electron chi connectivity index (χ3n) is 4.28. The largest absolute Gasteiger partial charge is 0.481 e. The molecule has 0 heterocycles. The van der Waals surface area contributed by atoms with Crippen molar-refractivity contribution in [3.05, 3.63) is 0 Å². The van der Waals surface area contributed by atoms with Crippen LogP contribution in [0.15, 0.2) is 0 Å². The summed E-state index contributed by atoms with van der Waals surface area (Å²) in [4.78, 5) is 45.1. The van der Waals surface area contributed by atoms with Gasteiger partial charge in [0.05, 0.1) is 12.0 Å². The van der Waals surface area contributed by atoms with Crippen molar-refractivity contribution in [1.82, 2.24) is 0 Å². The molecule has 0 aromatic carbocycles. The van der Waals surface area contributed by atoms with Crippen molar-refractivity contribution >= 4 is 23.5 Å². The Morgan fingerprint density at radius 1 is 0.913 bits per heavy atom. The fourth-order valence-electron chi connectivity index (χ4n) is 3.11. The topological polar surface area (TPSA) is 129 Å². The van der Waals surface area contributed by atoms with Crippen LogP contribution in [0.2, 0.25) is 0 Å². The number of carboxylic acids is 2. The number of rotatable bonds is 11. The standard InChI is InChI=1S/C16H24O7/c17-11(5-3-1-2-4-6-14(20)21)16-10(7-8-15(22)23)12(18)9-13(16)19/h10,13,16,19H,1-9H2,(H,20,21)(H,22,23)/t10-,13+,16-/m0/s1. The molecule has 1 aliphatic carbocycles. The molecule has 3 N–H and O–H groups in total. The molecule has 23 heavy (non-hydrogen) atoms. The lowest BCUT2D eigenvalue weighted by atomic mass is 9.85. The Morgan fingerprint density at radius 2 is 1.48 bits per heavy atom. The van der Waals surface area contributed by atoms with Crippen LogP contribution in [-0.2, 0) is 19.2 Å². The molecule has 1 saturated carbocycles. The Morgan fingerprint density at radius 3 is 2.04 bits per heavy atom. The zero-order chi connectivity index (χ0) is 17.4. The molecule has 7 nitrogen and oxygen atoms in total. The van der Waals surface area contributed by atoms with Gasteiger partial charge in [-0.25, -0.2) is 0 Å². The summed E-state index contributed by atoms with van der Waals surface area (Å²) in [6, 6.07) is 0. The molecule has 0 aliphatic heterocycles. The molecule has 1 fully saturated rings. The second-order valence-electron chi connectivity index (χ2n) is 6.08. The van der Waals surface area contributed by atoms with Crippen molar-refractivity contribution < 1.29 is 34.5 Å². The molecular formula is C16H24O7. The molecule has 0 spiro atoms. The molecule has 130 valence electrons. The first-order chi connectivity index (χ1) is 10.8. The van der Waals surface area contributed by atoms with Crippen LogP contribution in [0.3, 0.4) is 0 Å². The number of hydrogen-bond acceptors (Lipinski definition) is 5. The first-order valence-electron chi connectivity index (χ1n) is 8.00. The number of Topliss-reactive ketones (excluding diaryl/α,β-unsaturated/α-hetero) is 2. The van der Waals surface area contributed by atoms with Gasteiger partial charge in [0, 0.05) is 31.6 Å². The summed E-state index contributed by atoms with van der Waals surface area (Å²) in [6.07, 6.45) is 1.72. The molecular weight excluding hydrogens is 304 g/mol. The van der Waals surface area contributed by atoms with E-state index in [9.17, 15) is 24.3 Å². The third-order valence-corrected chi connectivity index (χ3v) is 4.28. The molecule has 0 bridgehead atoms. The van der Waals surface area contributed by atoms with E-state index in [0.717, 1.165) is 6.42 Å². The minimum Gasteiger partial charge on any atom is -0.481 e. The lowest BCUT2D eigenvalue weighted by Gasteiger charge is -2.19. The fraction of sp³-hybridized carbons (Fsp3) is 0.750. The van der Waals surface area contributed by atoms with Gasteiger partial charge in [0.2, 0.25) is 0 Å². The van der Waals surface area contributed by atoms with Crippen LogP contribution in [0, 0.1) is 11.8 Å². The monoisotopic (exact) mass is 328 g/mol. The van der Waals surface area contributed by atoms with Crippen molar-refractivity contribution in [1.29, 1.82) is 0 Å². The Labute approximate surface area is 134 Å². The van der Waals surface area contributed by atoms with E-state index in [2.05, 4.69) is 0 Å². The van der Waals surface area contributed by atoms with Gasteiger partial charge in [0.15, 0.2) is 0 Å². The molecule has 1 aliphatic rings. The second kappa shape index (κ2) is 9.39. The molecule has 7 heteroatoms. The first kappa shape index (κ1) is 19.3. The number of ketones is 2. The Hall–Kier alpha value is -1.76. The van der Waals surface area contributed by atoms with Crippen LogP contribution in [0.4, 0.5) is 0 Å². The normalized spacial score (nSPS) is 23.9. The van der Waals surface area contributed by atoms with Gasteiger partial charge in [0.25, 0.3) is 0 Å². The summed E-state index contributed by atoms with van der Waals surface area (Å²) >= 11 is 0. The van der Waals surface area contributed by atoms with Crippen molar-refractivity contribution in [3.8, 4) is 0 Å². The maximum Gasteiger partial charge on any atom is 0.303 e. The van der Waals surface area contributed by atoms with Gasteiger partial charge in [-0.3, -0.25) is 19.2 Å². The van der Waals surface area contributed by atoms with Crippen LogP contribution < -0.4 is 0 Å². The molecule has 1 rings (SSSR count). The molecule has 0 radical (unpaired) electrons. The Kier molecular flexibility index (Phi) is 7.88. The zero-order valence-electron chi connectivity index (χ0n) is 13.1. The molecule has 0 amide bonds. The summed E-state index contributed by atoms with van der Waals surface area (Å²) in [5.41, 5.74) is 0. The summed E-state index contributed by atoms with van der Waals surface area (Å²) in [6.45, 7) is 0. The number of aliphatic hydroxyl groups is 1. The number of aliphatic carboxylic acids is 2. The maximum atomic E-state index is 12.2. The van der Waals surface area contributed by atoms with Crippen molar-refractivity contribution in [2.24, 2.45) is 11.8 Å². The highest BCUT2D eigenvalue weighted by Gasteiger charge is 2.44. The lowest BCUT2D eigenvalue weighted by Crippen LogP contribution is -2.29. The Bertz CT molecular complexity index is 457. The van der Waals surface area contributed by atoms with Gasteiger partial charge < -0.3 is 15.3 Å². The molecule has 0 aromatic heterocycles. The van der Waals surface area contributed by atoms with Gasteiger partial charge in [-0.15, -0.1) is 0 Å². The minimum absolute atomic E-state index is 0.0836. The van der Waals surface area contributed by atoms with Crippen molar-refractivity contribution in [3.63, 3.8) is 0 Å². The summed E-state index contributed by atoms with van der Waals surface area (Å²) < 4.78 is 0. The number of unbranched alkanes of at least 4 members (excludes halogenated alkanes) is 3. The summed E-state index contributed by atoms with van der Waals surface area (Å²) in [5.74, 6) is -3.78. The first-order valence-corrected chi connectivity index (χ1v) is 8.00. The highest BCUT2D eigenvalue weighted by atomic mass is 16.4. The Balaban J connectivity index is 2.40. The van der Waals surface area contributed by atoms with Crippen LogP contribution in [0.5, 0.6) is 0 Å². The van der Waals surface area contributed by atoms with E-state index in [4.69, 9.17) is 10.2 Å². The number of carbonyl (C=O) groups excluding carboxylic acids is 2. The zero-order valence-corrected chi connectivity index (χ0v) is 13.1. The number of hydrogen-bond donors (Lipinski definition) is 3. The number of carboxylic acid groups (broad SMARTS) is 2. The van der Waals surface area contributed by atoms with Gasteiger partial charge >= 0.3 is 11.9 Å². The van der Waals surface area contributed by atoms with Crippen LogP contribution in [0.25, 0.3) is 0 Å². The molecule has 0 saturated heterocycles. The highest BCUT2D eigenvalue weighted by molar-refractivity contribution is 5.94. The van der Waals surface area contributed by atoms with Crippen molar-refractivity contribution in [2.75, 3.05) is 0 Å². The predicted octanol–water partition coefficient (Wildman–Crippen LogP) is 1.41. The van der Waals surface area contributed by atoms with Gasteiger partial charge in [0.1, 0.15) is 11.6 Å². The van der Waals surface area contributed by atoms with E-state index in [0.29, 0.717) is 19.3 Å². The summed E-state index contributed by atoms with van der Waals surface area (Å²) in [5, 5.41) is 27.1. The summed E-state index contributed by atoms with van der Waals surface area (Å²) in [7, 11) is 0. The van der Waals surface area contributed by atoms with E-state index in [1.54, 1.807) is 0 Å². The van der Waals surface area contributed by atoms with E-state index < -0.39 is 29.9 Å². The van der Waals surface area contributed by atoms with Crippen LogP contribution in [-0.4, -0.2) is 44.9 Å².